The van der Waals surface area contributed by atoms with Crippen molar-refractivity contribution in [3.8, 4) is 11.5 Å². The van der Waals surface area contributed by atoms with E-state index < -0.39 is 11.9 Å². The minimum absolute atomic E-state index is 0.0123. The molecule has 0 saturated carbocycles. The molecule has 0 aliphatic carbocycles. The van der Waals surface area contributed by atoms with E-state index in [1.54, 1.807) is 30.3 Å². The fraction of sp³-hybridized carbons (Fsp3) is 0.133. The number of para-hydroxylation sites is 1. The van der Waals surface area contributed by atoms with E-state index in [1.807, 2.05) is 0 Å². The molecule has 2 aromatic carbocycles. The molecule has 0 fully saturated rings. The number of ether oxygens (including phenoxy) is 2. The van der Waals surface area contributed by atoms with Gasteiger partial charge in [0, 0.05) is 10.8 Å². The number of hydrogen-bond donors (Lipinski definition) is 0. The first-order valence-corrected chi connectivity index (χ1v) is 6.23. The highest BCUT2D eigenvalue weighted by atomic mass is 19.4. The van der Waals surface area contributed by atoms with Crippen molar-refractivity contribution in [3.05, 3.63) is 42.1 Å². The van der Waals surface area contributed by atoms with Gasteiger partial charge in [-0.3, -0.25) is 0 Å². The van der Waals surface area contributed by atoms with Crippen molar-refractivity contribution in [2.45, 2.75) is 6.18 Å². The van der Waals surface area contributed by atoms with Crippen molar-refractivity contribution in [2.24, 2.45) is 0 Å². The van der Waals surface area contributed by atoms with Crippen molar-refractivity contribution < 1.29 is 22.6 Å². The lowest BCUT2D eigenvalue weighted by molar-refractivity contribution is -0.139. The predicted octanol–water partition coefficient (Wildman–Crippen LogP) is 4.14. The van der Waals surface area contributed by atoms with Crippen LogP contribution in [-0.2, 0) is 6.18 Å². The third-order valence-electron chi connectivity index (χ3n) is 3.46. The number of benzene rings is 2. The van der Waals surface area contributed by atoms with Crippen LogP contribution in [0.15, 0.2) is 36.4 Å². The Morgan fingerprint density at radius 3 is 2.29 bits per heavy atom. The maximum Gasteiger partial charge on any atom is 0.433 e. The smallest absolute Gasteiger partial charge is 0.433 e. The first-order chi connectivity index (χ1) is 10.0. The normalized spacial score (nSPS) is 14.0. The van der Waals surface area contributed by atoms with E-state index in [-0.39, 0.29) is 12.2 Å². The highest BCUT2D eigenvalue weighted by Gasteiger charge is 2.36. The molecule has 0 N–H and O–H groups in total. The number of halogens is 3. The number of hydrogen-bond acceptors (Lipinski definition) is 3. The Labute approximate surface area is 116 Å². The summed E-state index contributed by atoms with van der Waals surface area (Å²) >= 11 is 0. The Balaban J connectivity index is 2.20. The zero-order chi connectivity index (χ0) is 14.6. The van der Waals surface area contributed by atoms with Crippen LogP contribution in [0.25, 0.3) is 21.7 Å². The van der Waals surface area contributed by atoms with Crippen LogP contribution in [0.1, 0.15) is 5.69 Å². The van der Waals surface area contributed by atoms with E-state index in [4.69, 9.17) is 9.47 Å². The van der Waals surface area contributed by atoms with Gasteiger partial charge in [0.25, 0.3) is 0 Å². The number of fused-ring (bicyclic) bond motifs is 4. The summed E-state index contributed by atoms with van der Waals surface area (Å²) in [6.07, 6.45) is -4.53. The fourth-order valence-electron chi connectivity index (χ4n) is 2.56. The van der Waals surface area contributed by atoms with Crippen molar-refractivity contribution in [2.75, 3.05) is 6.79 Å². The molecule has 3 nitrogen and oxygen atoms in total. The van der Waals surface area contributed by atoms with E-state index in [1.165, 1.54) is 6.07 Å². The molecule has 106 valence electrons. The third-order valence-corrected chi connectivity index (χ3v) is 3.46. The molecule has 0 spiro atoms. The molecule has 1 aliphatic rings. The van der Waals surface area contributed by atoms with Crippen molar-refractivity contribution in [1.29, 1.82) is 0 Å². The van der Waals surface area contributed by atoms with Gasteiger partial charge in [0.05, 0.1) is 5.52 Å². The first-order valence-electron chi connectivity index (χ1n) is 6.23. The lowest BCUT2D eigenvalue weighted by Crippen LogP contribution is -2.09. The average molecular weight is 291 g/mol. The third kappa shape index (κ3) is 1.79. The van der Waals surface area contributed by atoms with Crippen LogP contribution in [0.4, 0.5) is 13.2 Å². The quantitative estimate of drug-likeness (QED) is 0.583. The number of rotatable bonds is 0. The molecule has 4 rings (SSSR count). The summed E-state index contributed by atoms with van der Waals surface area (Å²) in [6.45, 7) is 0.0123. The van der Waals surface area contributed by atoms with E-state index in [9.17, 15) is 13.2 Å². The SMILES string of the molecule is FC(F)(F)c1nc2ccccc2c2cc3c(cc12)OCO3. The van der Waals surface area contributed by atoms with Gasteiger partial charge in [-0.05, 0) is 23.6 Å². The summed E-state index contributed by atoms with van der Waals surface area (Å²) < 4.78 is 50.2. The number of nitrogens with zero attached hydrogens (tertiary/aromatic N) is 1. The Morgan fingerprint density at radius 1 is 0.905 bits per heavy atom. The molecular weight excluding hydrogens is 283 g/mol. The minimum Gasteiger partial charge on any atom is -0.454 e. The molecule has 0 unspecified atom stereocenters. The second kappa shape index (κ2) is 4.00. The molecule has 21 heavy (non-hydrogen) atoms. The zero-order valence-corrected chi connectivity index (χ0v) is 10.6. The van der Waals surface area contributed by atoms with Gasteiger partial charge in [-0.25, -0.2) is 4.98 Å². The fourth-order valence-corrected chi connectivity index (χ4v) is 2.56. The first kappa shape index (κ1) is 12.3. The second-order valence-corrected chi connectivity index (χ2v) is 4.73. The van der Waals surface area contributed by atoms with E-state index in [0.717, 1.165) is 0 Å². The van der Waals surface area contributed by atoms with Gasteiger partial charge in [0.1, 0.15) is 0 Å². The Morgan fingerprint density at radius 2 is 1.57 bits per heavy atom. The standard InChI is InChI=1S/C15H8F3NO2/c16-15(17,18)14-10-6-13-12(20-7-21-13)5-9(10)8-3-1-2-4-11(8)19-14/h1-6H,7H2. The van der Waals surface area contributed by atoms with Crippen molar-refractivity contribution in [1.82, 2.24) is 4.98 Å². The van der Waals surface area contributed by atoms with E-state index in [0.29, 0.717) is 27.8 Å². The Bertz CT molecular complexity index is 874. The summed E-state index contributed by atoms with van der Waals surface area (Å²) in [5.41, 5.74) is -0.606. The van der Waals surface area contributed by atoms with Crippen LogP contribution in [0.2, 0.25) is 0 Å². The Kier molecular flexibility index (Phi) is 2.34. The van der Waals surface area contributed by atoms with Gasteiger partial charge in [-0.1, -0.05) is 18.2 Å². The summed E-state index contributed by atoms with van der Waals surface area (Å²) in [6, 6.07) is 9.66. The molecule has 0 bridgehead atoms. The van der Waals surface area contributed by atoms with Gasteiger partial charge >= 0.3 is 6.18 Å². The van der Waals surface area contributed by atoms with Gasteiger partial charge in [0.2, 0.25) is 6.79 Å². The van der Waals surface area contributed by atoms with E-state index >= 15 is 0 Å². The molecule has 0 amide bonds. The molecule has 1 aromatic heterocycles. The summed E-state index contributed by atoms with van der Waals surface area (Å²) in [5, 5.41) is 1.13. The lowest BCUT2D eigenvalue weighted by atomic mass is 10.0. The van der Waals surface area contributed by atoms with Gasteiger partial charge in [-0.15, -0.1) is 0 Å². The highest BCUT2D eigenvalue weighted by molar-refractivity contribution is 6.08. The predicted molar refractivity (Wildman–Crippen MR) is 70.4 cm³/mol. The van der Waals surface area contributed by atoms with Gasteiger partial charge < -0.3 is 9.47 Å². The van der Waals surface area contributed by atoms with Crippen LogP contribution in [0.5, 0.6) is 11.5 Å². The van der Waals surface area contributed by atoms with E-state index in [2.05, 4.69) is 4.98 Å². The maximum atomic E-state index is 13.3. The van der Waals surface area contributed by atoms with Gasteiger partial charge in [0.15, 0.2) is 17.2 Å². The van der Waals surface area contributed by atoms with Crippen molar-refractivity contribution in [3.63, 3.8) is 0 Å². The molecule has 3 aromatic rings. The maximum absolute atomic E-state index is 13.3. The van der Waals surface area contributed by atoms with Crippen LogP contribution < -0.4 is 9.47 Å². The van der Waals surface area contributed by atoms with Crippen molar-refractivity contribution >= 4 is 21.7 Å². The molecule has 0 radical (unpaired) electrons. The number of aromatic nitrogens is 1. The molecule has 1 aliphatic heterocycles. The summed E-state index contributed by atoms with van der Waals surface area (Å²) in [4.78, 5) is 3.78. The molecular formula is C15H8F3NO2. The van der Waals surface area contributed by atoms with Crippen LogP contribution in [0.3, 0.4) is 0 Å². The molecule has 6 heteroatoms. The van der Waals surface area contributed by atoms with Crippen LogP contribution in [0, 0.1) is 0 Å². The zero-order valence-electron chi connectivity index (χ0n) is 10.6. The summed E-state index contributed by atoms with van der Waals surface area (Å²) in [7, 11) is 0. The van der Waals surface area contributed by atoms with Gasteiger partial charge in [-0.2, -0.15) is 13.2 Å². The molecule has 0 atom stereocenters. The summed E-state index contributed by atoms with van der Waals surface area (Å²) in [5.74, 6) is 0.761. The molecule has 0 saturated heterocycles. The number of alkyl halides is 3. The number of pyridine rings is 1. The minimum atomic E-state index is -4.53. The average Bonchev–Trinajstić information content (AvgIpc) is 2.90. The largest absolute Gasteiger partial charge is 0.454 e. The Hall–Kier alpha value is -2.50. The lowest BCUT2D eigenvalue weighted by Gasteiger charge is -2.12. The van der Waals surface area contributed by atoms with Crippen LogP contribution >= 0.6 is 0 Å². The highest BCUT2D eigenvalue weighted by Crippen LogP contribution is 2.42. The topological polar surface area (TPSA) is 31.4 Å². The second-order valence-electron chi connectivity index (χ2n) is 4.73. The van der Waals surface area contributed by atoms with Crippen LogP contribution in [-0.4, -0.2) is 11.8 Å². The monoisotopic (exact) mass is 291 g/mol. The molecule has 2 heterocycles.